The number of carbonyl (C=O) groups excluding carboxylic acids is 1. The molecule has 0 aliphatic carbocycles. The van der Waals surface area contributed by atoms with Crippen molar-refractivity contribution in [1.29, 1.82) is 0 Å². The second-order valence-corrected chi connectivity index (χ2v) is 5.13. The second-order valence-electron chi connectivity index (χ2n) is 5.13. The van der Waals surface area contributed by atoms with Gasteiger partial charge in [-0.05, 0) is 5.92 Å². The van der Waals surface area contributed by atoms with E-state index in [1.165, 1.54) is 12.3 Å². The highest BCUT2D eigenvalue weighted by atomic mass is 16.6. The van der Waals surface area contributed by atoms with Crippen LogP contribution >= 0.6 is 0 Å². The van der Waals surface area contributed by atoms with Crippen LogP contribution in [-0.2, 0) is 9.47 Å². The molecule has 2 heterocycles. The fraction of sp³-hybridized carbons (Fsp3) is 0.692. The number of ether oxygens (including phenoxy) is 2. The Labute approximate surface area is 112 Å². The smallest absolute Gasteiger partial charge is 0.360 e. The van der Waals surface area contributed by atoms with E-state index in [2.05, 4.69) is 28.4 Å². The Morgan fingerprint density at radius 3 is 3.16 bits per heavy atom. The number of carbonyl (C=O) groups is 1. The first kappa shape index (κ1) is 14.0. The Balaban J connectivity index is 1.75. The number of esters is 1. The van der Waals surface area contributed by atoms with Gasteiger partial charge in [0, 0.05) is 25.7 Å². The fourth-order valence-electron chi connectivity index (χ4n) is 2.12. The molecule has 0 aromatic carbocycles. The summed E-state index contributed by atoms with van der Waals surface area (Å²) in [6.45, 7) is 8.08. The third-order valence-corrected chi connectivity index (χ3v) is 2.89. The van der Waals surface area contributed by atoms with Gasteiger partial charge in [-0.1, -0.05) is 19.0 Å². The average Bonchev–Trinajstić information content (AvgIpc) is 2.89. The second kappa shape index (κ2) is 6.68. The molecule has 1 aromatic rings. The number of morpholine rings is 1. The van der Waals surface area contributed by atoms with E-state index < -0.39 is 5.97 Å². The van der Waals surface area contributed by atoms with Crippen LogP contribution in [-0.4, -0.2) is 55.0 Å². The van der Waals surface area contributed by atoms with Crippen molar-refractivity contribution in [1.82, 2.24) is 10.1 Å². The minimum absolute atomic E-state index is 0.0663. The van der Waals surface area contributed by atoms with Gasteiger partial charge in [0.1, 0.15) is 19.0 Å². The minimum Gasteiger partial charge on any atom is -0.458 e. The summed E-state index contributed by atoms with van der Waals surface area (Å²) in [5.74, 6) is 0.148. The lowest BCUT2D eigenvalue weighted by Gasteiger charge is -2.33. The van der Waals surface area contributed by atoms with Gasteiger partial charge in [0.15, 0.2) is 5.69 Å². The molecule has 1 fully saturated rings. The molecule has 106 valence electrons. The lowest BCUT2D eigenvalue weighted by atomic mass is 10.2. The standard InChI is InChI=1S/C13H20N2O4/c1-10(2)7-15-4-6-17-11(8-15)9-18-13(16)12-3-5-19-14-12/h3,5,10-11H,4,6-9H2,1-2H3/t11-/m0/s1. The maximum atomic E-state index is 11.6. The van der Waals surface area contributed by atoms with Crippen molar-refractivity contribution in [2.75, 3.05) is 32.8 Å². The summed E-state index contributed by atoms with van der Waals surface area (Å²) in [5, 5.41) is 3.53. The molecule has 19 heavy (non-hydrogen) atoms. The molecule has 0 bridgehead atoms. The van der Waals surface area contributed by atoms with Crippen LogP contribution in [0, 0.1) is 5.92 Å². The predicted molar refractivity (Wildman–Crippen MR) is 67.8 cm³/mol. The van der Waals surface area contributed by atoms with Crippen molar-refractivity contribution in [3.05, 3.63) is 18.0 Å². The molecular formula is C13H20N2O4. The largest absolute Gasteiger partial charge is 0.458 e. The number of aromatic nitrogens is 1. The molecular weight excluding hydrogens is 248 g/mol. The summed E-state index contributed by atoms with van der Waals surface area (Å²) in [6.07, 6.45) is 1.28. The van der Waals surface area contributed by atoms with Crippen LogP contribution in [0.2, 0.25) is 0 Å². The van der Waals surface area contributed by atoms with E-state index >= 15 is 0 Å². The van der Waals surface area contributed by atoms with E-state index in [4.69, 9.17) is 9.47 Å². The van der Waals surface area contributed by atoms with Crippen molar-refractivity contribution in [2.24, 2.45) is 5.92 Å². The van der Waals surface area contributed by atoms with Gasteiger partial charge >= 0.3 is 5.97 Å². The van der Waals surface area contributed by atoms with Crippen LogP contribution in [0.1, 0.15) is 24.3 Å². The van der Waals surface area contributed by atoms with E-state index in [0.29, 0.717) is 12.5 Å². The number of rotatable bonds is 5. The predicted octanol–water partition coefficient (Wildman–Crippen LogP) is 1.19. The highest BCUT2D eigenvalue weighted by molar-refractivity contribution is 5.86. The molecule has 0 spiro atoms. The first-order valence-corrected chi connectivity index (χ1v) is 6.56. The first-order valence-electron chi connectivity index (χ1n) is 6.56. The zero-order chi connectivity index (χ0) is 13.7. The van der Waals surface area contributed by atoms with Crippen LogP contribution in [0.25, 0.3) is 0 Å². The fourth-order valence-corrected chi connectivity index (χ4v) is 2.12. The molecule has 0 saturated carbocycles. The summed E-state index contributed by atoms with van der Waals surface area (Å²) < 4.78 is 15.4. The third kappa shape index (κ3) is 4.33. The highest BCUT2D eigenvalue weighted by Gasteiger charge is 2.23. The van der Waals surface area contributed by atoms with Gasteiger partial charge in [0.2, 0.25) is 0 Å². The van der Waals surface area contributed by atoms with Gasteiger partial charge < -0.3 is 14.0 Å². The zero-order valence-electron chi connectivity index (χ0n) is 11.4. The van der Waals surface area contributed by atoms with E-state index in [1.807, 2.05) is 0 Å². The lowest BCUT2D eigenvalue weighted by Crippen LogP contribution is -2.45. The summed E-state index contributed by atoms with van der Waals surface area (Å²) >= 11 is 0. The maximum absolute atomic E-state index is 11.6. The first-order chi connectivity index (χ1) is 9.15. The summed E-state index contributed by atoms with van der Waals surface area (Å²) in [6, 6.07) is 1.48. The Bertz CT molecular complexity index is 391. The summed E-state index contributed by atoms with van der Waals surface area (Å²) in [4.78, 5) is 13.9. The summed E-state index contributed by atoms with van der Waals surface area (Å²) in [5.41, 5.74) is 0.190. The molecule has 6 heteroatoms. The molecule has 1 aliphatic rings. The van der Waals surface area contributed by atoms with Gasteiger partial charge in [0.25, 0.3) is 0 Å². The topological polar surface area (TPSA) is 64.8 Å². The van der Waals surface area contributed by atoms with E-state index in [1.54, 1.807) is 0 Å². The van der Waals surface area contributed by atoms with Gasteiger partial charge in [0.05, 0.1) is 6.61 Å². The molecule has 0 amide bonds. The number of nitrogens with zero attached hydrogens (tertiary/aromatic N) is 2. The van der Waals surface area contributed by atoms with Crippen LogP contribution in [0.5, 0.6) is 0 Å². The molecule has 6 nitrogen and oxygen atoms in total. The normalized spacial score (nSPS) is 20.7. The molecule has 1 saturated heterocycles. The van der Waals surface area contributed by atoms with E-state index in [9.17, 15) is 4.79 Å². The molecule has 0 unspecified atom stereocenters. The Morgan fingerprint density at radius 2 is 2.47 bits per heavy atom. The SMILES string of the molecule is CC(C)CN1CCO[C@H](COC(=O)c2ccon2)C1. The molecule has 0 radical (unpaired) electrons. The van der Waals surface area contributed by atoms with Gasteiger partial charge in [-0.25, -0.2) is 4.79 Å². The van der Waals surface area contributed by atoms with Crippen molar-refractivity contribution < 1.29 is 18.8 Å². The molecule has 1 aromatic heterocycles. The van der Waals surface area contributed by atoms with Crippen LogP contribution < -0.4 is 0 Å². The molecule has 1 aliphatic heterocycles. The van der Waals surface area contributed by atoms with Crippen molar-refractivity contribution in [2.45, 2.75) is 20.0 Å². The molecule has 0 N–H and O–H groups in total. The van der Waals surface area contributed by atoms with Gasteiger partial charge in [-0.15, -0.1) is 0 Å². The number of hydrogen-bond acceptors (Lipinski definition) is 6. The van der Waals surface area contributed by atoms with Crippen LogP contribution in [0.4, 0.5) is 0 Å². The quantitative estimate of drug-likeness (QED) is 0.747. The monoisotopic (exact) mass is 268 g/mol. The lowest BCUT2D eigenvalue weighted by molar-refractivity contribution is -0.0614. The zero-order valence-corrected chi connectivity index (χ0v) is 11.4. The van der Waals surface area contributed by atoms with Gasteiger partial charge in [-0.2, -0.15) is 0 Å². The third-order valence-electron chi connectivity index (χ3n) is 2.89. The Hall–Kier alpha value is -1.40. The Kier molecular flexibility index (Phi) is 4.93. The maximum Gasteiger partial charge on any atom is 0.360 e. The van der Waals surface area contributed by atoms with Crippen molar-refractivity contribution >= 4 is 5.97 Å². The Morgan fingerprint density at radius 1 is 1.63 bits per heavy atom. The number of hydrogen-bond donors (Lipinski definition) is 0. The molecule has 1 atom stereocenters. The van der Waals surface area contributed by atoms with Crippen LogP contribution in [0.15, 0.2) is 16.9 Å². The minimum atomic E-state index is -0.474. The van der Waals surface area contributed by atoms with E-state index in [0.717, 1.165) is 19.6 Å². The van der Waals surface area contributed by atoms with Crippen molar-refractivity contribution in [3.63, 3.8) is 0 Å². The van der Waals surface area contributed by atoms with Crippen molar-refractivity contribution in [3.8, 4) is 0 Å². The average molecular weight is 268 g/mol. The molecule has 2 rings (SSSR count). The highest BCUT2D eigenvalue weighted by Crippen LogP contribution is 2.09. The summed E-state index contributed by atoms with van der Waals surface area (Å²) in [7, 11) is 0. The van der Waals surface area contributed by atoms with E-state index in [-0.39, 0.29) is 18.4 Å². The van der Waals surface area contributed by atoms with Crippen LogP contribution in [0.3, 0.4) is 0 Å². The van der Waals surface area contributed by atoms with Gasteiger partial charge in [-0.3, -0.25) is 4.90 Å².